The standard InChI is InChI=1S/C19H16FN5S2/c1-25-17(13-7-9-14(20)10-8-13)23-24-19(25)27-12-16-11-26-18(22-16)21-15-5-3-2-4-6-15/h2-11H,12H2,1H3,(H,21,22). The number of aromatic nitrogens is 4. The highest BCUT2D eigenvalue weighted by molar-refractivity contribution is 7.98. The van der Waals surface area contributed by atoms with Crippen LogP contribution in [-0.4, -0.2) is 19.7 Å². The van der Waals surface area contributed by atoms with Crippen molar-refractivity contribution in [2.24, 2.45) is 7.05 Å². The van der Waals surface area contributed by atoms with Crippen LogP contribution in [0, 0.1) is 5.82 Å². The Bertz CT molecular complexity index is 1030. The van der Waals surface area contributed by atoms with E-state index in [-0.39, 0.29) is 5.82 Å². The van der Waals surface area contributed by atoms with Crippen molar-refractivity contribution in [2.75, 3.05) is 5.32 Å². The van der Waals surface area contributed by atoms with Crippen molar-refractivity contribution in [3.05, 3.63) is 71.5 Å². The average Bonchev–Trinajstić information content (AvgIpc) is 3.28. The van der Waals surface area contributed by atoms with E-state index in [0.29, 0.717) is 11.6 Å². The smallest absolute Gasteiger partial charge is 0.191 e. The van der Waals surface area contributed by atoms with Gasteiger partial charge in [0, 0.05) is 29.4 Å². The summed E-state index contributed by atoms with van der Waals surface area (Å²) in [5.74, 6) is 1.14. The average molecular weight is 398 g/mol. The molecule has 0 saturated heterocycles. The number of para-hydroxylation sites is 1. The highest BCUT2D eigenvalue weighted by Crippen LogP contribution is 2.27. The first-order valence-electron chi connectivity index (χ1n) is 8.23. The molecule has 0 bridgehead atoms. The Morgan fingerprint density at radius 1 is 1.07 bits per heavy atom. The van der Waals surface area contributed by atoms with Crippen LogP contribution in [0.15, 0.2) is 65.1 Å². The SMILES string of the molecule is Cn1c(SCc2csc(Nc3ccccc3)n2)nnc1-c1ccc(F)cc1. The van der Waals surface area contributed by atoms with E-state index >= 15 is 0 Å². The molecule has 0 amide bonds. The third-order valence-electron chi connectivity index (χ3n) is 3.86. The summed E-state index contributed by atoms with van der Waals surface area (Å²) < 4.78 is 15.0. The molecule has 0 saturated carbocycles. The summed E-state index contributed by atoms with van der Waals surface area (Å²) in [4.78, 5) is 4.61. The third-order valence-corrected chi connectivity index (χ3v) is 5.72. The Kier molecular flexibility index (Phi) is 5.17. The van der Waals surface area contributed by atoms with Gasteiger partial charge in [0.15, 0.2) is 16.1 Å². The van der Waals surface area contributed by atoms with Crippen molar-refractivity contribution in [1.29, 1.82) is 0 Å². The van der Waals surface area contributed by atoms with Crippen LogP contribution in [0.4, 0.5) is 15.2 Å². The molecule has 0 atom stereocenters. The molecular weight excluding hydrogens is 381 g/mol. The van der Waals surface area contributed by atoms with Gasteiger partial charge in [0.05, 0.1) is 5.69 Å². The Morgan fingerprint density at radius 3 is 2.63 bits per heavy atom. The molecule has 8 heteroatoms. The van der Waals surface area contributed by atoms with E-state index < -0.39 is 0 Å². The molecule has 4 aromatic rings. The summed E-state index contributed by atoms with van der Waals surface area (Å²) in [5.41, 5.74) is 2.83. The summed E-state index contributed by atoms with van der Waals surface area (Å²) >= 11 is 3.14. The first kappa shape index (κ1) is 17.7. The van der Waals surface area contributed by atoms with Crippen molar-refractivity contribution in [3.63, 3.8) is 0 Å². The fourth-order valence-electron chi connectivity index (χ4n) is 2.51. The molecule has 5 nitrogen and oxygen atoms in total. The van der Waals surface area contributed by atoms with E-state index in [4.69, 9.17) is 0 Å². The molecule has 0 unspecified atom stereocenters. The number of thiazole rings is 1. The van der Waals surface area contributed by atoms with Gasteiger partial charge in [-0.25, -0.2) is 9.37 Å². The van der Waals surface area contributed by atoms with Crippen molar-refractivity contribution in [1.82, 2.24) is 19.7 Å². The third kappa shape index (κ3) is 4.17. The number of benzene rings is 2. The first-order chi connectivity index (χ1) is 13.2. The molecule has 0 aliphatic carbocycles. The highest BCUT2D eigenvalue weighted by Gasteiger charge is 2.12. The lowest BCUT2D eigenvalue weighted by atomic mass is 10.2. The molecular formula is C19H16FN5S2. The second-order valence-electron chi connectivity index (χ2n) is 5.80. The van der Waals surface area contributed by atoms with Crippen LogP contribution in [0.5, 0.6) is 0 Å². The van der Waals surface area contributed by atoms with Gasteiger partial charge in [-0.05, 0) is 36.4 Å². The van der Waals surface area contributed by atoms with Crippen LogP contribution >= 0.6 is 23.1 Å². The Morgan fingerprint density at radius 2 is 1.85 bits per heavy atom. The number of thioether (sulfide) groups is 1. The monoisotopic (exact) mass is 397 g/mol. The van der Waals surface area contributed by atoms with Crippen molar-refractivity contribution in [2.45, 2.75) is 10.9 Å². The molecule has 0 aliphatic rings. The molecule has 0 radical (unpaired) electrons. The molecule has 0 fully saturated rings. The quantitative estimate of drug-likeness (QED) is 0.458. The molecule has 4 rings (SSSR count). The van der Waals surface area contributed by atoms with E-state index in [1.165, 1.54) is 12.1 Å². The summed E-state index contributed by atoms with van der Waals surface area (Å²) in [5, 5.41) is 15.5. The minimum Gasteiger partial charge on any atom is -0.332 e. The van der Waals surface area contributed by atoms with E-state index in [0.717, 1.165) is 27.2 Å². The van der Waals surface area contributed by atoms with E-state index in [9.17, 15) is 4.39 Å². The lowest BCUT2D eigenvalue weighted by molar-refractivity contribution is 0.628. The Labute approximate surface area is 164 Å². The largest absolute Gasteiger partial charge is 0.332 e. The van der Waals surface area contributed by atoms with Gasteiger partial charge >= 0.3 is 0 Å². The van der Waals surface area contributed by atoms with E-state index in [1.807, 2.05) is 47.3 Å². The van der Waals surface area contributed by atoms with Gasteiger partial charge in [-0.15, -0.1) is 21.5 Å². The molecule has 2 aromatic carbocycles. The second-order valence-corrected chi connectivity index (χ2v) is 7.60. The maximum atomic E-state index is 13.1. The van der Waals surface area contributed by atoms with Crippen LogP contribution in [0.2, 0.25) is 0 Å². The maximum Gasteiger partial charge on any atom is 0.191 e. The first-order valence-corrected chi connectivity index (χ1v) is 10.1. The van der Waals surface area contributed by atoms with Crippen LogP contribution in [0.25, 0.3) is 11.4 Å². The summed E-state index contributed by atoms with van der Waals surface area (Å²) in [7, 11) is 1.91. The Balaban J connectivity index is 1.41. The van der Waals surface area contributed by atoms with Gasteiger partial charge in [-0.3, -0.25) is 0 Å². The minimum atomic E-state index is -0.265. The number of hydrogen-bond acceptors (Lipinski definition) is 6. The van der Waals surface area contributed by atoms with Gasteiger partial charge in [0.25, 0.3) is 0 Å². The zero-order valence-electron chi connectivity index (χ0n) is 14.5. The molecule has 0 aliphatic heterocycles. The number of nitrogens with zero attached hydrogens (tertiary/aromatic N) is 4. The topological polar surface area (TPSA) is 55.6 Å². The van der Waals surface area contributed by atoms with Gasteiger partial charge in [-0.1, -0.05) is 30.0 Å². The normalized spacial score (nSPS) is 10.9. The predicted octanol–water partition coefficient (Wildman–Crippen LogP) is 5.11. The summed E-state index contributed by atoms with van der Waals surface area (Å²) in [6, 6.07) is 16.2. The van der Waals surface area contributed by atoms with Crippen LogP contribution in [-0.2, 0) is 12.8 Å². The van der Waals surface area contributed by atoms with Gasteiger partial charge in [0.1, 0.15) is 5.82 Å². The second kappa shape index (κ2) is 7.89. The molecule has 0 spiro atoms. The molecule has 2 heterocycles. The summed E-state index contributed by atoms with van der Waals surface area (Å²) in [6.45, 7) is 0. The van der Waals surface area contributed by atoms with Gasteiger partial charge in [-0.2, -0.15) is 0 Å². The van der Waals surface area contributed by atoms with Crippen LogP contribution in [0.1, 0.15) is 5.69 Å². The molecule has 136 valence electrons. The summed E-state index contributed by atoms with van der Waals surface area (Å²) in [6.07, 6.45) is 0. The number of hydrogen-bond donors (Lipinski definition) is 1. The lowest BCUT2D eigenvalue weighted by Crippen LogP contribution is -1.95. The number of nitrogens with one attached hydrogen (secondary N) is 1. The van der Waals surface area contributed by atoms with E-state index in [1.54, 1.807) is 35.2 Å². The van der Waals surface area contributed by atoms with Gasteiger partial charge in [0.2, 0.25) is 0 Å². The molecule has 2 aromatic heterocycles. The fraction of sp³-hybridized carbons (Fsp3) is 0.105. The fourth-order valence-corrected chi connectivity index (χ4v) is 4.14. The van der Waals surface area contributed by atoms with Crippen LogP contribution in [0.3, 0.4) is 0 Å². The lowest BCUT2D eigenvalue weighted by Gasteiger charge is -2.03. The zero-order chi connectivity index (χ0) is 18.6. The highest BCUT2D eigenvalue weighted by atomic mass is 32.2. The molecule has 27 heavy (non-hydrogen) atoms. The van der Waals surface area contributed by atoms with E-state index in [2.05, 4.69) is 20.5 Å². The predicted molar refractivity (Wildman–Crippen MR) is 108 cm³/mol. The minimum absolute atomic E-state index is 0.265. The molecule has 1 N–H and O–H groups in total. The number of anilines is 2. The zero-order valence-corrected chi connectivity index (χ0v) is 16.1. The van der Waals surface area contributed by atoms with Gasteiger partial charge < -0.3 is 9.88 Å². The number of halogens is 1. The van der Waals surface area contributed by atoms with Crippen molar-refractivity contribution < 1.29 is 4.39 Å². The van der Waals surface area contributed by atoms with Crippen molar-refractivity contribution >= 4 is 33.9 Å². The number of rotatable bonds is 6. The Hall–Kier alpha value is -2.71. The van der Waals surface area contributed by atoms with Crippen molar-refractivity contribution in [3.8, 4) is 11.4 Å². The van der Waals surface area contributed by atoms with Crippen LogP contribution < -0.4 is 5.32 Å². The maximum absolute atomic E-state index is 13.1.